The molecule has 106 valence electrons. The molecule has 5 heteroatoms. The van der Waals surface area contributed by atoms with Crippen LogP contribution in [0.25, 0.3) is 0 Å². The monoisotopic (exact) mass is 264 g/mol. The SMILES string of the molecule is COCC(C)N=C(NN)N(C)c1ccc(C)cc1C. The van der Waals surface area contributed by atoms with Crippen molar-refractivity contribution in [3.05, 3.63) is 29.3 Å². The third kappa shape index (κ3) is 4.22. The molecule has 0 aliphatic carbocycles. The molecule has 0 spiro atoms. The summed E-state index contributed by atoms with van der Waals surface area (Å²) in [5, 5.41) is 0. The van der Waals surface area contributed by atoms with Crippen LogP contribution in [-0.4, -0.2) is 32.8 Å². The fourth-order valence-corrected chi connectivity index (χ4v) is 2.00. The molecular formula is C14H24N4O. The van der Waals surface area contributed by atoms with Crippen LogP contribution in [0.4, 0.5) is 5.69 Å². The van der Waals surface area contributed by atoms with Crippen LogP contribution in [0.1, 0.15) is 18.1 Å². The Hall–Kier alpha value is -1.59. The van der Waals surface area contributed by atoms with Gasteiger partial charge in [-0.3, -0.25) is 5.43 Å². The first-order valence-corrected chi connectivity index (χ1v) is 6.34. The highest BCUT2D eigenvalue weighted by Gasteiger charge is 2.11. The molecule has 1 aromatic rings. The Kier molecular flexibility index (Phi) is 5.79. The van der Waals surface area contributed by atoms with Crippen molar-refractivity contribution in [1.29, 1.82) is 0 Å². The second kappa shape index (κ2) is 7.11. The van der Waals surface area contributed by atoms with Gasteiger partial charge in [-0.15, -0.1) is 0 Å². The number of benzene rings is 1. The van der Waals surface area contributed by atoms with E-state index in [4.69, 9.17) is 10.6 Å². The van der Waals surface area contributed by atoms with Crippen LogP contribution in [0.5, 0.6) is 0 Å². The quantitative estimate of drug-likeness (QED) is 0.375. The molecule has 0 bridgehead atoms. The molecule has 1 rings (SSSR count). The van der Waals surface area contributed by atoms with Crippen molar-refractivity contribution < 1.29 is 4.74 Å². The molecule has 0 amide bonds. The molecule has 0 aliphatic rings. The summed E-state index contributed by atoms with van der Waals surface area (Å²) >= 11 is 0. The number of nitrogens with two attached hydrogens (primary N) is 1. The van der Waals surface area contributed by atoms with Crippen LogP contribution in [0.15, 0.2) is 23.2 Å². The van der Waals surface area contributed by atoms with Crippen LogP contribution >= 0.6 is 0 Å². The van der Waals surface area contributed by atoms with Crippen LogP contribution < -0.4 is 16.2 Å². The molecular weight excluding hydrogens is 240 g/mol. The standard InChI is InChI=1S/C14H24N4O/c1-10-6-7-13(11(2)8-10)18(4)14(17-15)16-12(3)9-19-5/h6-8,12H,9,15H2,1-5H3,(H,16,17). The molecule has 0 saturated carbocycles. The number of nitrogens with one attached hydrogen (secondary N) is 1. The first-order chi connectivity index (χ1) is 8.99. The van der Waals surface area contributed by atoms with Gasteiger partial charge in [0.1, 0.15) is 0 Å². The zero-order chi connectivity index (χ0) is 14.4. The van der Waals surface area contributed by atoms with Gasteiger partial charge in [0.15, 0.2) is 0 Å². The van der Waals surface area contributed by atoms with E-state index in [9.17, 15) is 0 Å². The average Bonchev–Trinajstić information content (AvgIpc) is 2.35. The molecule has 3 N–H and O–H groups in total. The van der Waals surface area contributed by atoms with E-state index < -0.39 is 0 Å². The Bertz CT molecular complexity index is 445. The lowest BCUT2D eigenvalue weighted by atomic mass is 10.1. The second-order valence-corrected chi connectivity index (χ2v) is 4.75. The van der Waals surface area contributed by atoms with Gasteiger partial charge in [-0.25, -0.2) is 10.8 Å². The number of aryl methyl sites for hydroxylation is 2. The van der Waals surface area contributed by atoms with Crippen LogP contribution in [0.2, 0.25) is 0 Å². The van der Waals surface area contributed by atoms with Gasteiger partial charge < -0.3 is 9.64 Å². The van der Waals surface area contributed by atoms with E-state index in [-0.39, 0.29) is 6.04 Å². The van der Waals surface area contributed by atoms with Crippen LogP contribution in [-0.2, 0) is 4.74 Å². The fourth-order valence-electron chi connectivity index (χ4n) is 2.00. The van der Waals surface area contributed by atoms with Gasteiger partial charge in [0.05, 0.1) is 12.6 Å². The van der Waals surface area contributed by atoms with Crippen LogP contribution in [0, 0.1) is 13.8 Å². The number of rotatable bonds is 4. The number of anilines is 1. The lowest BCUT2D eigenvalue weighted by Gasteiger charge is -2.24. The number of nitrogens with zero attached hydrogens (tertiary/aromatic N) is 2. The van der Waals surface area contributed by atoms with E-state index in [0.29, 0.717) is 12.6 Å². The number of aliphatic imine (C=N–C) groups is 1. The molecule has 0 heterocycles. The van der Waals surface area contributed by atoms with E-state index in [1.54, 1.807) is 7.11 Å². The summed E-state index contributed by atoms with van der Waals surface area (Å²) in [4.78, 5) is 6.45. The summed E-state index contributed by atoms with van der Waals surface area (Å²) in [6.07, 6.45) is 0. The summed E-state index contributed by atoms with van der Waals surface area (Å²) in [6.45, 7) is 6.70. The Morgan fingerprint density at radius 1 is 1.47 bits per heavy atom. The van der Waals surface area contributed by atoms with Crippen molar-refractivity contribution in [2.24, 2.45) is 10.8 Å². The third-order valence-corrected chi connectivity index (χ3v) is 2.91. The number of hydrogen-bond donors (Lipinski definition) is 2. The Morgan fingerprint density at radius 3 is 2.68 bits per heavy atom. The molecule has 0 aromatic heterocycles. The number of hydrazine groups is 1. The summed E-state index contributed by atoms with van der Waals surface area (Å²) < 4.78 is 5.08. The minimum atomic E-state index is 0.0456. The molecule has 0 saturated heterocycles. The maximum Gasteiger partial charge on any atom is 0.213 e. The minimum absolute atomic E-state index is 0.0456. The van der Waals surface area contributed by atoms with Crippen molar-refractivity contribution in [2.45, 2.75) is 26.8 Å². The lowest BCUT2D eigenvalue weighted by Crippen LogP contribution is -2.44. The second-order valence-electron chi connectivity index (χ2n) is 4.75. The summed E-state index contributed by atoms with van der Waals surface area (Å²) in [7, 11) is 3.60. The zero-order valence-electron chi connectivity index (χ0n) is 12.4. The van der Waals surface area contributed by atoms with Crippen LogP contribution in [0.3, 0.4) is 0 Å². The normalized spacial score (nSPS) is 13.3. The Balaban J connectivity index is 2.98. The van der Waals surface area contributed by atoms with Crippen molar-refractivity contribution in [2.75, 3.05) is 25.7 Å². The topological polar surface area (TPSA) is 62.9 Å². The number of guanidine groups is 1. The molecule has 0 fully saturated rings. The van der Waals surface area contributed by atoms with Gasteiger partial charge in [-0.05, 0) is 32.4 Å². The number of methoxy groups -OCH3 is 1. The van der Waals surface area contributed by atoms with Crippen molar-refractivity contribution in [3.8, 4) is 0 Å². The predicted molar refractivity (Wildman–Crippen MR) is 80.4 cm³/mol. The van der Waals surface area contributed by atoms with Gasteiger partial charge >= 0.3 is 0 Å². The molecule has 1 atom stereocenters. The number of hydrogen-bond acceptors (Lipinski definition) is 3. The van der Waals surface area contributed by atoms with Crippen molar-refractivity contribution >= 4 is 11.6 Å². The molecule has 0 aliphatic heterocycles. The summed E-state index contributed by atoms with van der Waals surface area (Å²) in [5.41, 5.74) is 6.15. The molecule has 0 radical (unpaired) electrons. The Morgan fingerprint density at radius 2 is 2.16 bits per heavy atom. The summed E-state index contributed by atoms with van der Waals surface area (Å²) in [6, 6.07) is 6.33. The van der Waals surface area contributed by atoms with Gasteiger partial charge in [0.2, 0.25) is 5.96 Å². The lowest BCUT2D eigenvalue weighted by molar-refractivity contribution is 0.185. The number of ether oxygens (including phenoxy) is 1. The summed E-state index contributed by atoms with van der Waals surface area (Å²) in [5.74, 6) is 6.19. The fraction of sp³-hybridized carbons (Fsp3) is 0.500. The highest BCUT2D eigenvalue weighted by atomic mass is 16.5. The van der Waals surface area contributed by atoms with E-state index in [2.05, 4.69) is 42.5 Å². The maximum atomic E-state index is 5.57. The third-order valence-electron chi connectivity index (χ3n) is 2.91. The highest BCUT2D eigenvalue weighted by molar-refractivity contribution is 5.96. The minimum Gasteiger partial charge on any atom is -0.382 e. The highest BCUT2D eigenvalue weighted by Crippen LogP contribution is 2.20. The van der Waals surface area contributed by atoms with E-state index in [1.807, 2.05) is 18.9 Å². The smallest absolute Gasteiger partial charge is 0.213 e. The van der Waals surface area contributed by atoms with Crippen molar-refractivity contribution in [1.82, 2.24) is 5.43 Å². The largest absolute Gasteiger partial charge is 0.382 e. The van der Waals surface area contributed by atoms with E-state index in [0.717, 1.165) is 5.69 Å². The van der Waals surface area contributed by atoms with E-state index in [1.165, 1.54) is 11.1 Å². The van der Waals surface area contributed by atoms with E-state index >= 15 is 0 Å². The predicted octanol–water partition coefficient (Wildman–Crippen LogP) is 1.59. The molecule has 1 unspecified atom stereocenters. The molecule has 5 nitrogen and oxygen atoms in total. The maximum absolute atomic E-state index is 5.57. The van der Waals surface area contributed by atoms with Gasteiger partial charge in [-0.1, -0.05) is 17.7 Å². The van der Waals surface area contributed by atoms with Crippen molar-refractivity contribution in [3.63, 3.8) is 0 Å². The van der Waals surface area contributed by atoms with Gasteiger partial charge in [-0.2, -0.15) is 0 Å². The zero-order valence-corrected chi connectivity index (χ0v) is 12.4. The average molecular weight is 264 g/mol. The Labute approximate surface area is 115 Å². The van der Waals surface area contributed by atoms with Gasteiger partial charge in [0.25, 0.3) is 0 Å². The first-order valence-electron chi connectivity index (χ1n) is 6.34. The molecule has 19 heavy (non-hydrogen) atoms. The first kappa shape index (κ1) is 15.5. The van der Waals surface area contributed by atoms with Gasteiger partial charge in [0, 0.05) is 19.8 Å². The molecule has 1 aromatic carbocycles.